The number of nitrogens with one attached hydrogen (secondary N) is 1. The molecule has 3 aromatic rings. The standard InChI is InChI=1S/C16H16N4O2S/c1-11(15(21)17-12-6-5-7-13(10-12)22-2)23-16-19-18-14-8-3-4-9-20(14)16/h3-11H,1-2H3,(H,17,21)/t11-/m1/s1. The molecule has 1 atom stereocenters. The largest absolute Gasteiger partial charge is 0.497 e. The molecule has 118 valence electrons. The highest BCUT2D eigenvalue weighted by molar-refractivity contribution is 8.00. The van der Waals surface area contributed by atoms with E-state index in [2.05, 4.69) is 15.5 Å². The van der Waals surface area contributed by atoms with Gasteiger partial charge < -0.3 is 10.1 Å². The van der Waals surface area contributed by atoms with Crippen LogP contribution in [0.25, 0.3) is 5.65 Å². The van der Waals surface area contributed by atoms with Gasteiger partial charge in [-0.2, -0.15) is 0 Å². The van der Waals surface area contributed by atoms with Crippen molar-refractivity contribution in [3.05, 3.63) is 48.7 Å². The summed E-state index contributed by atoms with van der Waals surface area (Å²) in [7, 11) is 1.59. The van der Waals surface area contributed by atoms with E-state index in [9.17, 15) is 4.79 Å². The first-order chi connectivity index (χ1) is 11.2. The van der Waals surface area contributed by atoms with Gasteiger partial charge >= 0.3 is 0 Å². The van der Waals surface area contributed by atoms with E-state index in [1.165, 1.54) is 11.8 Å². The lowest BCUT2D eigenvalue weighted by molar-refractivity contribution is -0.115. The number of methoxy groups -OCH3 is 1. The second-order valence-electron chi connectivity index (χ2n) is 4.89. The van der Waals surface area contributed by atoms with Crippen LogP contribution in [0.4, 0.5) is 5.69 Å². The highest BCUT2D eigenvalue weighted by Gasteiger charge is 2.18. The SMILES string of the molecule is COc1cccc(NC(=O)[C@@H](C)Sc2nnc3ccccn23)c1. The molecule has 1 N–H and O–H groups in total. The van der Waals surface area contributed by atoms with E-state index in [0.29, 0.717) is 16.6 Å². The molecule has 0 fully saturated rings. The molecule has 0 saturated heterocycles. The summed E-state index contributed by atoms with van der Waals surface area (Å²) in [6.45, 7) is 1.84. The molecule has 0 spiro atoms. The third-order valence-corrected chi connectivity index (χ3v) is 4.33. The number of hydrogen-bond donors (Lipinski definition) is 1. The molecule has 2 heterocycles. The second-order valence-corrected chi connectivity index (χ2v) is 6.20. The molecule has 0 bridgehead atoms. The fourth-order valence-electron chi connectivity index (χ4n) is 2.06. The van der Waals surface area contributed by atoms with Crippen LogP contribution in [-0.4, -0.2) is 32.9 Å². The number of carbonyl (C=O) groups is 1. The number of rotatable bonds is 5. The summed E-state index contributed by atoms with van der Waals surface area (Å²) >= 11 is 1.36. The number of anilines is 1. The van der Waals surface area contributed by atoms with Gasteiger partial charge in [-0.1, -0.05) is 23.9 Å². The highest BCUT2D eigenvalue weighted by atomic mass is 32.2. The molecule has 0 aliphatic rings. The van der Waals surface area contributed by atoms with E-state index in [1.54, 1.807) is 13.2 Å². The Bertz CT molecular complexity index is 834. The number of aromatic nitrogens is 3. The van der Waals surface area contributed by atoms with Gasteiger partial charge in [0.25, 0.3) is 0 Å². The topological polar surface area (TPSA) is 68.5 Å². The number of amides is 1. The van der Waals surface area contributed by atoms with Crippen molar-refractivity contribution < 1.29 is 9.53 Å². The lowest BCUT2D eigenvalue weighted by Gasteiger charge is -2.11. The van der Waals surface area contributed by atoms with E-state index in [1.807, 2.05) is 53.9 Å². The number of ether oxygens (including phenoxy) is 1. The molecule has 1 amide bonds. The third-order valence-electron chi connectivity index (χ3n) is 3.27. The monoisotopic (exact) mass is 328 g/mol. The van der Waals surface area contributed by atoms with E-state index in [4.69, 9.17) is 4.74 Å². The van der Waals surface area contributed by atoms with Crippen LogP contribution in [-0.2, 0) is 4.79 Å². The van der Waals surface area contributed by atoms with Gasteiger partial charge in [0, 0.05) is 18.0 Å². The van der Waals surface area contributed by atoms with Gasteiger partial charge in [-0.25, -0.2) is 0 Å². The molecule has 0 aliphatic heterocycles. The maximum absolute atomic E-state index is 12.3. The van der Waals surface area contributed by atoms with Gasteiger partial charge in [0.1, 0.15) is 5.75 Å². The zero-order chi connectivity index (χ0) is 16.2. The molecule has 7 heteroatoms. The number of pyridine rings is 1. The molecule has 0 saturated carbocycles. The highest BCUT2D eigenvalue weighted by Crippen LogP contribution is 2.24. The maximum Gasteiger partial charge on any atom is 0.237 e. The Labute approximate surface area is 137 Å². The molecule has 0 unspecified atom stereocenters. The predicted octanol–water partition coefficient (Wildman–Crippen LogP) is 2.86. The van der Waals surface area contributed by atoms with Crippen molar-refractivity contribution >= 4 is 29.0 Å². The predicted molar refractivity (Wildman–Crippen MR) is 89.9 cm³/mol. The van der Waals surface area contributed by atoms with Crippen LogP contribution in [0.15, 0.2) is 53.8 Å². The van der Waals surface area contributed by atoms with Crippen LogP contribution >= 0.6 is 11.8 Å². The smallest absolute Gasteiger partial charge is 0.237 e. The summed E-state index contributed by atoms with van der Waals surface area (Å²) in [5.74, 6) is 0.600. The summed E-state index contributed by atoms with van der Waals surface area (Å²) < 4.78 is 7.01. The molecule has 0 aliphatic carbocycles. The Morgan fingerprint density at radius 3 is 2.96 bits per heavy atom. The van der Waals surface area contributed by atoms with Crippen molar-refractivity contribution in [3.63, 3.8) is 0 Å². The Morgan fingerprint density at radius 1 is 1.26 bits per heavy atom. The summed E-state index contributed by atoms with van der Waals surface area (Å²) in [5.41, 5.74) is 1.46. The molecule has 0 radical (unpaired) electrons. The van der Waals surface area contributed by atoms with E-state index in [0.717, 1.165) is 5.65 Å². The lowest BCUT2D eigenvalue weighted by atomic mass is 10.3. The van der Waals surface area contributed by atoms with Crippen LogP contribution in [0.5, 0.6) is 5.75 Å². The first-order valence-corrected chi connectivity index (χ1v) is 7.96. The molecule has 23 heavy (non-hydrogen) atoms. The quantitative estimate of drug-likeness (QED) is 0.729. The zero-order valence-electron chi connectivity index (χ0n) is 12.8. The number of carbonyl (C=O) groups excluding carboxylic acids is 1. The van der Waals surface area contributed by atoms with Gasteiger partial charge in [-0.3, -0.25) is 9.20 Å². The van der Waals surface area contributed by atoms with Crippen molar-refractivity contribution in [1.82, 2.24) is 14.6 Å². The third kappa shape index (κ3) is 3.45. The number of fused-ring (bicyclic) bond motifs is 1. The van der Waals surface area contributed by atoms with E-state index in [-0.39, 0.29) is 11.2 Å². The normalized spacial score (nSPS) is 12.1. The summed E-state index contributed by atoms with van der Waals surface area (Å²) in [6, 6.07) is 12.9. The fourth-order valence-corrected chi connectivity index (χ4v) is 2.89. The van der Waals surface area contributed by atoms with E-state index >= 15 is 0 Å². The van der Waals surface area contributed by atoms with Crippen molar-refractivity contribution in [2.24, 2.45) is 0 Å². The maximum atomic E-state index is 12.3. The van der Waals surface area contributed by atoms with Gasteiger partial charge in [0.05, 0.1) is 12.4 Å². The molecule has 1 aromatic carbocycles. The van der Waals surface area contributed by atoms with Crippen LogP contribution in [0.1, 0.15) is 6.92 Å². The lowest BCUT2D eigenvalue weighted by Crippen LogP contribution is -2.22. The molecule has 6 nitrogen and oxygen atoms in total. The average Bonchev–Trinajstić information content (AvgIpc) is 2.98. The fraction of sp³-hybridized carbons (Fsp3) is 0.188. The first kappa shape index (κ1) is 15.4. The van der Waals surface area contributed by atoms with Gasteiger partial charge in [0.15, 0.2) is 10.8 Å². The zero-order valence-corrected chi connectivity index (χ0v) is 13.6. The van der Waals surface area contributed by atoms with Crippen LogP contribution in [0, 0.1) is 0 Å². The van der Waals surface area contributed by atoms with Crippen LogP contribution in [0.3, 0.4) is 0 Å². The number of nitrogens with zero attached hydrogens (tertiary/aromatic N) is 3. The van der Waals surface area contributed by atoms with Crippen molar-refractivity contribution in [1.29, 1.82) is 0 Å². The second kappa shape index (κ2) is 6.70. The Hall–Kier alpha value is -2.54. The van der Waals surface area contributed by atoms with Gasteiger partial charge in [-0.15, -0.1) is 10.2 Å². The number of benzene rings is 1. The molecule has 3 rings (SSSR count). The number of hydrogen-bond acceptors (Lipinski definition) is 5. The van der Waals surface area contributed by atoms with Crippen LogP contribution < -0.4 is 10.1 Å². The Morgan fingerprint density at radius 2 is 2.13 bits per heavy atom. The molecular formula is C16H16N4O2S. The summed E-state index contributed by atoms with van der Waals surface area (Å²) in [6.07, 6.45) is 1.88. The summed E-state index contributed by atoms with van der Waals surface area (Å²) in [4.78, 5) is 12.3. The number of thioether (sulfide) groups is 1. The van der Waals surface area contributed by atoms with Gasteiger partial charge in [0.2, 0.25) is 5.91 Å². The Balaban J connectivity index is 1.70. The van der Waals surface area contributed by atoms with Crippen molar-refractivity contribution in [2.75, 3.05) is 12.4 Å². The summed E-state index contributed by atoms with van der Waals surface area (Å²) in [5, 5.41) is 11.5. The van der Waals surface area contributed by atoms with Crippen molar-refractivity contribution in [3.8, 4) is 5.75 Å². The first-order valence-electron chi connectivity index (χ1n) is 7.09. The van der Waals surface area contributed by atoms with Gasteiger partial charge in [-0.05, 0) is 31.2 Å². The van der Waals surface area contributed by atoms with Crippen LogP contribution in [0.2, 0.25) is 0 Å². The minimum Gasteiger partial charge on any atom is -0.497 e. The molecular weight excluding hydrogens is 312 g/mol. The Kier molecular flexibility index (Phi) is 4.47. The molecule has 2 aromatic heterocycles. The minimum absolute atomic E-state index is 0.101. The van der Waals surface area contributed by atoms with Crippen molar-refractivity contribution in [2.45, 2.75) is 17.3 Å². The minimum atomic E-state index is -0.311. The average molecular weight is 328 g/mol. The van der Waals surface area contributed by atoms with E-state index < -0.39 is 0 Å².